The number of nitrogens with two attached hydrogens (primary N) is 2. The predicted octanol–water partition coefficient (Wildman–Crippen LogP) is 1.95. The van der Waals surface area contributed by atoms with Gasteiger partial charge in [-0.2, -0.15) is 0 Å². The zero-order chi connectivity index (χ0) is 14.8. The van der Waals surface area contributed by atoms with Crippen LogP contribution in [0.4, 0.5) is 0 Å². The van der Waals surface area contributed by atoms with Crippen LogP contribution in [0.2, 0.25) is 0 Å². The van der Waals surface area contributed by atoms with Crippen molar-refractivity contribution in [3.05, 3.63) is 0 Å². The minimum Gasteiger partial charge on any atom is -0.374 e. The molecular formula is C16H28N2O2. The fourth-order valence-electron chi connectivity index (χ4n) is 4.94. The minimum atomic E-state index is -0.849. The summed E-state index contributed by atoms with van der Waals surface area (Å²) in [6, 6.07) is 0. The first-order chi connectivity index (χ1) is 9.19. The molecule has 114 valence electrons. The van der Waals surface area contributed by atoms with Crippen molar-refractivity contribution in [3.63, 3.8) is 0 Å². The van der Waals surface area contributed by atoms with Crippen LogP contribution in [0.15, 0.2) is 0 Å². The van der Waals surface area contributed by atoms with Crippen LogP contribution in [0.3, 0.4) is 0 Å². The van der Waals surface area contributed by atoms with Crippen LogP contribution in [-0.2, 0) is 9.53 Å². The normalized spacial score (nSPS) is 49.7. The zero-order valence-corrected chi connectivity index (χ0v) is 12.9. The van der Waals surface area contributed by atoms with Gasteiger partial charge in [0, 0.05) is 6.42 Å². The maximum absolute atomic E-state index is 11.4. The van der Waals surface area contributed by atoms with Crippen molar-refractivity contribution in [2.24, 2.45) is 28.2 Å². The largest absolute Gasteiger partial charge is 0.374 e. The van der Waals surface area contributed by atoms with Gasteiger partial charge in [0.25, 0.3) is 0 Å². The number of carbonyl (C=O) groups excluding carboxylic acids is 1. The summed E-state index contributed by atoms with van der Waals surface area (Å²) < 4.78 is 6.40. The van der Waals surface area contributed by atoms with Crippen molar-refractivity contribution in [2.45, 2.75) is 77.0 Å². The van der Waals surface area contributed by atoms with E-state index in [0.717, 1.165) is 18.8 Å². The van der Waals surface area contributed by atoms with Crippen molar-refractivity contribution in [3.8, 4) is 0 Å². The van der Waals surface area contributed by atoms with Gasteiger partial charge in [-0.1, -0.05) is 20.8 Å². The molecule has 0 aromatic heterocycles. The number of hydrogen-bond donors (Lipinski definition) is 2. The maximum Gasteiger partial charge on any atom is 0.237 e. The molecule has 3 rings (SSSR count). The minimum absolute atomic E-state index is 0.101. The monoisotopic (exact) mass is 280 g/mol. The van der Waals surface area contributed by atoms with Gasteiger partial charge in [-0.15, -0.1) is 0 Å². The number of amides is 1. The fourth-order valence-corrected chi connectivity index (χ4v) is 4.94. The molecule has 1 amide bonds. The van der Waals surface area contributed by atoms with Gasteiger partial charge in [0.1, 0.15) is 0 Å². The third kappa shape index (κ3) is 1.77. The Balaban J connectivity index is 1.68. The molecule has 3 saturated carbocycles. The van der Waals surface area contributed by atoms with E-state index in [2.05, 4.69) is 20.8 Å². The molecule has 5 unspecified atom stereocenters. The molecule has 4 N–H and O–H groups in total. The molecule has 2 bridgehead atoms. The summed E-state index contributed by atoms with van der Waals surface area (Å²) in [6.07, 6.45) is 6.26. The topological polar surface area (TPSA) is 78.3 Å². The third-order valence-electron chi connectivity index (χ3n) is 7.07. The van der Waals surface area contributed by atoms with Crippen LogP contribution < -0.4 is 11.5 Å². The number of rotatable bonds is 3. The van der Waals surface area contributed by atoms with Crippen molar-refractivity contribution in [2.75, 3.05) is 0 Å². The quantitative estimate of drug-likeness (QED) is 0.829. The van der Waals surface area contributed by atoms with Crippen molar-refractivity contribution in [1.29, 1.82) is 0 Å². The summed E-state index contributed by atoms with van der Waals surface area (Å²) in [5.74, 6) is 0.390. The van der Waals surface area contributed by atoms with E-state index in [9.17, 15) is 4.79 Å². The van der Waals surface area contributed by atoms with E-state index < -0.39 is 5.54 Å². The summed E-state index contributed by atoms with van der Waals surface area (Å²) >= 11 is 0. The van der Waals surface area contributed by atoms with Crippen LogP contribution in [0.1, 0.15) is 59.3 Å². The molecule has 0 heterocycles. The summed E-state index contributed by atoms with van der Waals surface area (Å²) in [6.45, 7) is 7.15. The highest BCUT2D eigenvalue weighted by Crippen LogP contribution is 2.66. The molecule has 3 fully saturated rings. The average Bonchev–Trinajstić information content (AvgIpc) is 2.89. The van der Waals surface area contributed by atoms with Crippen molar-refractivity contribution in [1.82, 2.24) is 0 Å². The smallest absolute Gasteiger partial charge is 0.237 e. The van der Waals surface area contributed by atoms with Gasteiger partial charge >= 0.3 is 0 Å². The first-order valence-electron chi connectivity index (χ1n) is 7.93. The number of carbonyl (C=O) groups is 1. The van der Waals surface area contributed by atoms with Crippen LogP contribution in [0.5, 0.6) is 0 Å². The Morgan fingerprint density at radius 2 is 1.90 bits per heavy atom. The molecule has 3 aliphatic rings. The van der Waals surface area contributed by atoms with E-state index in [-0.39, 0.29) is 17.4 Å². The Morgan fingerprint density at radius 1 is 1.20 bits per heavy atom. The Hall–Kier alpha value is -0.610. The second-order valence-electron chi connectivity index (χ2n) is 8.12. The van der Waals surface area contributed by atoms with Gasteiger partial charge in [0.15, 0.2) is 0 Å². The number of hydrogen-bond acceptors (Lipinski definition) is 3. The van der Waals surface area contributed by atoms with Crippen molar-refractivity contribution >= 4 is 5.91 Å². The summed E-state index contributed by atoms with van der Waals surface area (Å²) in [4.78, 5) is 11.4. The first kappa shape index (κ1) is 14.3. The second-order valence-corrected chi connectivity index (χ2v) is 8.12. The van der Waals surface area contributed by atoms with E-state index in [1.807, 2.05) is 0 Å². The molecule has 4 nitrogen and oxygen atoms in total. The summed E-state index contributed by atoms with van der Waals surface area (Å²) in [5, 5.41) is 0. The third-order valence-corrected chi connectivity index (χ3v) is 7.07. The Bertz CT molecular complexity index is 436. The molecule has 20 heavy (non-hydrogen) atoms. The lowest BCUT2D eigenvalue weighted by Gasteiger charge is -2.40. The summed E-state index contributed by atoms with van der Waals surface area (Å²) in [7, 11) is 0. The van der Waals surface area contributed by atoms with E-state index >= 15 is 0 Å². The van der Waals surface area contributed by atoms with E-state index in [0.29, 0.717) is 24.4 Å². The Kier molecular flexibility index (Phi) is 3.01. The molecule has 4 heteroatoms. The molecule has 0 aromatic rings. The second kappa shape index (κ2) is 4.20. The van der Waals surface area contributed by atoms with E-state index in [1.54, 1.807) is 0 Å². The van der Waals surface area contributed by atoms with Gasteiger partial charge in [-0.3, -0.25) is 4.79 Å². The zero-order valence-electron chi connectivity index (χ0n) is 12.9. The van der Waals surface area contributed by atoms with Gasteiger partial charge in [0.2, 0.25) is 5.91 Å². The highest BCUT2D eigenvalue weighted by Gasteiger charge is 2.62. The average molecular weight is 280 g/mol. The molecule has 0 saturated heterocycles. The van der Waals surface area contributed by atoms with Gasteiger partial charge in [-0.25, -0.2) is 0 Å². The lowest BCUT2D eigenvalue weighted by atomic mass is 9.70. The lowest BCUT2D eigenvalue weighted by molar-refractivity contribution is -0.124. The predicted molar refractivity (Wildman–Crippen MR) is 77.9 cm³/mol. The number of ether oxygens (including phenoxy) is 1. The van der Waals surface area contributed by atoms with Crippen LogP contribution in [-0.4, -0.2) is 23.7 Å². The fraction of sp³-hybridized carbons (Fsp3) is 0.938. The van der Waals surface area contributed by atoms with E-state index in [4.69, 9.17) is 16.2 Å². The molecule has 3 aliphatic carbocycles. The molecule has 0 radical (unpaired) electrons. The highest BCUT2D eigenvalue weighted by molar-refractivity contribution is 5.84. The number of primary amides is 1. The van der Waals surface area contributed by atoms with Crippen LogP contribution >= 0.6 is 0 Å². The Labute approximate surface area is 121 Å². The molecule has 0 aromatic carbocycles. The first-order valence-corrected chi connectivity index (χ1v) is 7.93. The van der Waals surface area contributed by atoms with Gasteiger partial charge in [-0.05, 0) is 48.9 Å². The van der Waals surface area contributed by atoms with Gasteiger partial charge in [0.05, 0.1) is 17.7 Å². The highest BCUT2D eigenvalue weighted by atomic mass is 16.5. The summed E-state index contributed by atoms with van der Waals surface area (Å²) in [5.41, 5.74) is 11.3. The van der Waals surface area contributed by atoms with Crippen molar-refractivity contribution < 1.29 is 9.53 Å². The molecular weight excluding hydrogens is 252 g/mol. The maximum atomic E-state index is 11.4. The molecule has 0 spiro atoms. The van der Waals surface area contributed by atoms with Crippen LogP contribution in [0, 0.1) is 16.7 Å². The van der Waals surface area contributed by atoms with Crippen LogP contribution in [0.25, 0.3) is 0 Å². The standard InChI is InChI=1S/C16H28N2O2/c1-14(2)10-4-6-15(14,3)12(8-10)20-11-5-7-16(18,9-11)13(17)19/h10-12H,4-9,18H2,1-3H3,(H2,17,19). The number of fused-ring (bicyclic) bond motifs is 2. The molecule has 5 atom stereocenters. The van der Waals surface area contributed by atoms with Gasteiger partial charge < -0.3 is 16.2 Å². The lowest BCUT2D eigenvalue weighted by Crippen LogP contribution is -2.50. The van der Waals surface area contributed by atoms with E-state index in [1.165, 1.54) is 12.8 Å². The SMILES string of the molecule is CC1(C)C2CCC1(C)C(OC1CCC(N)(C(N)=O)C1)C2. The Morgan fingerprint density at radius 3 is 2.35 bits per heavy atom. The molecule has 0 aliphatic heterocycles.